The van der Waals surface area contributed by atoms with Gasteiger partial charge in [-0.05, 0) is 41.1 Å². The van der Waals surface area contributed by atoms with E-state index in [0.717, 1.165) is 27.9 Å². The maximum absolute atomic E-state index is 11.0. The number of hydrogen-bond acceptors (Lipinski definition) is 4. The molecule has 0 aliphatic carbocycles. The molecule has 0 unspecified atom stereocenters. The Bertz CT molecular complexity index is 873. The molecule has 0 aliphatic rings. The van der Waals surface area contributed by atoms with Gasteiger partial charge in [0.05, 0.1) is 14.9 Å². The first-order chi connectivity index (χ1) is 9.97. The first kappa shape index (κ1) is 13.7. The molecular formula is C14H11BrN4O2. The van der Waals surface area contributed by atoms with Gasteiger partial charge in [-0.3, -0.25) is 19.8 Å². The average molecular weight is 347 g/mol. The third kappa shape index (κ3) is 2.29. The number of aromatic nitrogens is 3. The lowest BCUT2D eigenvalue weighted by molar-refractivity contribution is -0.385. The van der Waals surface area contributed by atoms with Crippen molar-refractivity contribution in [3.05, 3.63) is 50.7 Å². The molecule has 0 radical (unpaired) electrons. The number of benzene rings is 1. The van der Waals surface area contributed by atoms with Gasteiger partial charge in [-0.15, -0.1) is 0 Å². The van der Waals surface area contributed by atoms with Crippen LogP contribution in [0.15, 0.2) is 34.9 Å². The fourth-order valence-corrected chi connectivity index (χ4v) is 2.80. The van der Waals surface area contributed by atoms with Crippen LogP contribution in [0.1, 0.15) is 5.69 Å². The summed E-state index contributed by atoms with van der Waals surface area (Å²) in [7, 11) is 1.78. The second-order valence-electron chi connectivity index (χ2n) is 4.74. The highest BCUT2D eigenvalue weighted by Gasteiger charge is 2.18. The van der Waals surface area contributed by atoms with E-state index < -0.39 is 4.92 Å². The zero-order valence-electron chi connectivity index (χ0n) is 11.4. The van der Waals surface area contributed by atoms with E-state index in [-0.39, 0.29) is 5.69 Å². The normalized spacial score (nSPS) is 11.0. The van der Waals surface area contributed by atoms with E-state index in [2.05, 4.69) is 26.0 Å². The van der Waals surface area contributed by atoms with Gasteiger partial charge in [-0.1, -0.05) is 0 Å². The molecule has 0 atom stereocenters. The van der Waals surface area contributed by atoms with E-state index in [9.17, 15) is 10.1 Å². The zero-order valence-corrected chi connectivity index (χ0v) is 13.0. The van der Waals surface area contributed by atoms with E-state index in [1.54, 1.807) is 24.0 Å². The number of nitrogens with zero attached hydrogens (tertiary/aromatic N) is 4. The standard InChI is InChI=1S/C14H11BrN4O2/c1-8-5-9(3-4-16-8)14-10-6-11(15)13(19(20)21)7-12(10)18(2)17-14/h3-7H,1-2H3. The molecule has 0 N–H and O–H groups in total. The number of hydrogen-bond donors (Lipinski definition) is 0. The number of nitro benzene ring substituents is 1. The smallest absolute Gasteiger partial charge is 0.267 e. The minimum absolute atomic E-state index is 0.0305. The van der Waals surface area contributed by atoms with Crippen molar-refractivity contribution in [3.63, 3.8) is 0 Å². The van der Waals surface area contributed by atoms with Gasteiger partial charge < -0.3 is 0 Å². The monoisotopic (exact) mass is 346 g/mol. The highest BCUT2D eigenvalue weighted by atomic mass is 79.9. The van der Waals surface area contributed by atoms with Crippen LogP contribution in [0.5, 0.6) is 0 Å². The second-order valence-corrected chi connectivity index (χ2v) is 5.59. The van der Waals surface area contributed by atoms with Gasteiger partial charge in [-0.2, -0.15) is 5.10 Å². The highest BCUT2D eigenvalue weighted by Crippen LogP contribution is 2.35. The van der Waals surface area contributed by atoms with Gasteiger partial charge in [0.2, 0.25) is 0 Å². The molecule has 1 aromatic carbocycles. The largest absolute Gasteiger partial charge is 0.285 e. The van der Waals surface area contributed by atoms with Crippen LogP contribution in [-0.4, -0.2) is 19.7 Å². The summed E-state index contributed by atoms with van der Waals surface area (Å²) in [6.07, 6.45) is 1.73. The summed E-state index contributed by atoms with van der Waals surface area (Å²) in [5, 5.41) is 16.4. The molecule has 0 saturated carbocycles. The maximum Gasteiger partial charge on any atom is 0.285 e. The molecule has 2 aromatic heterocycles. The summed E-state index contributed by atoms with van der Waals surface area (Å²) < 4.78 is 2.10. The van der Waals surface area contributed by atoms with E-state index in [0.29, 0.717) is 4.47 Å². The van der Waals surface area contributed by atoms with E-state index in [1.807, 2.05) is 19.1 Å². The van der Waals surface area contributed by atoms with Crippen molar-refractivity contribution in [2.24, 2.45) is 7.05 Å². The van der Waals surface area contributed by atoms with Crippen LogP contribution in [0.4, 0.5) is 5.69 Å². The fourth-order valence-electron chi connectivity index (χ4n) is 2.31. The van der Waals surface area contributed by atoms with Crippen LogP contribution in [0.2, 0.25) is 0 Å². The molecule has 6 nitrogen and oxygen atoms in total. The van der Waals surface area contributed by atoms with Crippen molar-refractivity contribution in [1.82, 2.24) is 14.8 Å². The predicted octanol–water partition coefficient (Wildman–Crippen LogP) is 3.61. The number of aryl methyl sites for hydroxylation is 2. The molecule has 0 aliphatic heterocycles. The molecule has 0 saturated heterocycles. The van der Waals surface area contributed by atoms with Gasteiger partial charge in [-0.25, -0.2) is 0 Å². The summed E-state index contributed by atoms with van der Waals surface area (Å²) in [5.74, 6) is 0. The first-order valence-electron chi connectivity index (χ1n) is 6.21. The van der Waals surface area contributed by atoms with Gasteiger partial charge >= 0.3 is 0 Å². The van der Waals surface area contributed by atoms with Crippen LogP contribution < -0.4 is 0 Å². The fraction of sp³-hybridized carbons (Fsp3) is 0.143. The summed E-state index contributed by atoms with van der Waals surface area (Å²) >= 11 is 3.26. The van der Waals surface area contributed by atoms with Crippen molar-refractivity contribution in [3.8, 4) is 11.3 Å². The Labute approximate surface area is 128 Å². The first-order valence-corrected chi connectivity index (χ1v) is 7.00. The summed E-state index contributed by atoms with van der Waals surface area (Å²) in [5.41, 5.74) is 3.37. The minimum Gasteiger partial charge on any atom is -0.267 e. The highest BCUT2D eigenvalue weighted by molar-refractivity contribution is 9.10. The van der Waals surface area contributed by atoms with E-state index in [4.69, 9.17) is 0 Å². The molecule has 0 spiro atoms. The Kier molecular flexibility index (Phi) is 3.21. The Morgan fingerprint density at radius 2 is 2.10 bits per heavy atom. The lowest BCUT2D eigenvalue weighted by Crippen LogP contribution is -1.92. The third-order valence-electron chi connectivity index (χ3n) is 3.29. The number of fused-ring (bicyclic) bond motifs is 1. The molecular weight excluding hydrogens is 336 g/mol. The molecule has 7 heteroatoms. The van der Waals surface area contributed by atoms with Gasteiger partial charge in [0.1, 0.15) is 5.69 Å². The molecule has 106 valence electrons. The molecule has 3 aromatic rings. The van der Waals surface area contributed by atoms with Crippen molar-refractivity contribution in [1.29, 1.82) is 0 Å². The van der Waals surface area contributed by atoms with Crippen LogP contribution in [0, 0.1) is 17.0 Å². The molecule has 0 bridgehead atoms. The average Bonchev–Trinajstić information content (AvgIpc) is 2.74. The topological polar surface area (TPSA) is 73.8 Å². The van der Waals surface area contributed by atoms with Crippen molar-refractivity contribution in [2.75, 3.05) is 0 Å². The summed E-state index contributed by atoms with van der Waals surface area (Å²) in [6, 6.07) is 7.09. The van der Waals surface area contributed by atoms with Crippen LogP contribution in [0.25, 0.3) is 22.2 Å². The summed E-state index contributed by atoms with van der Waals surface area (Å²) in [6.45, 7) is 1.91. The number of pyridine rings is 1. The Balaban J connectivity index is 2.31. The molecule has 0 amide bonds. The number of halogens is 1. The molecule has 0 fully saturated rings. The molecule has 3 rings (SSSR count). The van der Waals surface area contributed by atoms with Crippen LogP contribution in [-0.2, 0) is 7.05 Å². The zero-order chi connectivity index (χ0) is 15.1. The van der Waals surface area contributed by atoms with Gasteiger partial charge in [0.25, 0.3) is 5.69 Å². The third-order valence-corrected chi connectivity index (χ3v) is 3.92. The van der Waals surface area contributed by atoms with Crippen molar-refractivity contribution in [2.45, 2.75) is 6.92 Å². The Morgan fingerprint density at radius 1 is 1.33 bits per heavy atom. The Hall–Kier alpha value is -2.28. The van der Waals surface area contributed by atoms with E-state index in [1.165, 1.54) is 6.07 Å². The summed E-state index contributed by atoms with van der Waals surface area (Å²) in [4.78, 5) is 14.8. The number of nitro groups is 1. The predicted molar refractivity (Wildman–Crippen MR) is 83.0 cm³/mol. The van der Waals surface area contributed by atoms with Gasteiger partial charge in [0, 0.05) is 36.0 Å². The van der Waals surface area contributed by atoms with Gasteiger partial charge in [0.15, 0.2) is 0 Å². The lowest BCUT2D eigenvalue weighted by Gasteiger charge is -2.00. The molecule has 21 heavy (non-hydrogen) atoms. The maximum atomic E-state index is 11.0. The SMILES string of the molecule is Cc1cc(-c2nn(C)c3cc([N+](=O)[O-])c(Br)cc23)ccn1. The second kappa shape index (κ2) is 4.92. The van der Waals surface area contributed by atoms with E-state index >= 15 is 0 Å². The number of rotatable bonds is 2. The van der Waals surface area contributed by atoms with Crippen molar-refractivity contribution >= 4 is 32.5 Å². The molecule has 2 heterocycles. The Morgan fingerprint density at radius 3 is 2.76 bits per heavy atom. The quantitative estimate of drug-likeness (QED) is 0.524. The minimum atomic E-state index is -0.410. The lowest BCUT2D eigenvalue weighted by atomic mass is 10.1. The van der Waals surface area contributed by atoms with Crippen molar-refractivity contribution < 1.29 is 4.92 Å². The van der Waals surface area contributed by atoms with Crippen LogP contribution in [0.3, 0.4) is 0 Å². The van der Waals surface area contributed by atoms with Crippen LogP contribution >= 0.6 is 15.9 Å².